The molecule has 1 radical (unpaired) electrons. The minimum atomic E-state index is -1.35. The normalized spacial score (nSPS) is 19.2. The third kappa shape index (κ3) is 3.22. The first-order valence-electron chi connectivity index (χ1n) is 4.50. The van der Waals surface area contributed by atoms with E-state index in [-0.39, 0.29) is 6.23 Å². The molecule has 3 nitrogen and oxygen atoms in total. The number of hydrogen-bond donors (Lipinski definition) is 1. The monoisotopic (exact) mass is 189 g/mol. The predicted molar refractivity (Wildman–Crippen MR) is 47.8 cm³/mol. The van der Waals surface area contributed by atoms with Crippen molar-refractivity contribution >= 4 is 9.28 Å². The molecule has 0 amide bonds. The number of rotatable bonds is 5. The smallest absolute Gasteiger partial charge is 0.395 e. The topological polar surface area (TPSA) is 38.7 Å². The van der Waals surface area contributed by atoms with E-state index in [9.17, 15) is 0 Å². The molecule has 0 aliphatic heterocycles. The van der Waals surface area contributed by atoms with Crippen molar-refractivity contribution in [3.63, 3.8) is 0 Å². The quantitative estimate of drug-likeness (QED) is 0.652. The molecule has 0 atom stereocenters. The second-order valence-corrected chi connectivity index (χ2v) is 4.95. The highest BCUT2D eigenvalue weighted by atomic mass is 28.3. The second-order valence-electron chi connectivity index (χ2n) is 3.20. The average molecular weight is 189 g/mol. The third-order valence-corrected chi connectivity index (χ3v) is 3.51. The largest absolute Gasteiger partial charge is 0.412 e. The highest BCUT2D eigenvalue weighted by molar-refractivity contribution is 6.44. The van der Waals surface area contributed by atoms with E-state index in [0.29, 0.717) is 5.92 Å². The summed E-state index contributed by atoms with van der Waals surface area (Å²) in [6.45, 7) is 0.780. The van der Waals surface area contributed by atoms with Gasteiger partial charge in [0.25, 0.3) is 0 Å². The van der Waals surface area contributed by atoms with Crippen molar-refractivity contribution in [2.45, 2.75) is 25.7 Å². The van der Waals surface area contributed by atoms with Crippen molar-refractivity contribution in [2.24, 2.45) is 5.92 Å². The van der Waals surface area contributed by atoms with Gasteiger partial charge in [0.05, 0.1) is 6.23 Å². The molecule has 1 aliphatic rings. The Hall–Kier alpha value is 0.0969. The van der Waals surface area contributed by atoms with Gasteiger partial charge in [-0.3, -0.25) is 0 Å². The van der Waals surface area contributed by atoms with Gasteiger partial charge in [0.2, 0.25) is 0 Å². The Labute approximate surface area is 75.5 Å². The van der Waals surface area contributed by atoms with Crippen molar-refractivity contribution in [3.8, 4) is 0 Å². The van der Waals surface area contributed by atoms with E-state index in [1.54, 1.807) is 7.11 Å². The van der Waals surface area contributed by atoms with E-state index in [2.05, 4.69) is 0 Å². The molecule has 1 rings (SSSR count). The zero-order chi connectivity index (χ0) is 8.81. The van der Waals surface area contributed by atoms with Gasteiger partial charge in [0.15, 0.2) is 0 Å². The fourth-order valence-corrected chi connectivity index (χ4v) is 2.32. The lowest BCUT2D eigenvalue weighted by atomic mass is 10.1. The van der Waals surface area contributed by atoms with Gasteiger partial charge in [-0.25, -0.2) is 0 Å². The Kier molecular flexibility index (Phi) is 4.83. The van der Waals surface area contributed by atoms with Gasteiger partial charge >= 0.3 is 9.28 Å². The Morgan fingerprint density at radius 2 is 2.08 bits per heavy atom. The first-order chi connectivity index (χ1) is 5.86. The van der Waals surface area contributed by atoms with Crippen LogP contribution in [0.5, 0.6) is 0 Å². The van der Waals surface area contributed by atoms with Crippen LogP contribution in [0, 0.1) is 5.92 Å². The molecule has 12 heavy (non-hydrogen) atoms. The summed E-state index contributed by atoms with van der Waals surface area (Å²) in [4.78, 5) is 0. The maximum Gasteiger partial charge on any atom is 0.412 e. The van der Waals surface area contributed by atoms with E-state index in [0.717, 1.165) is 6.61 Å². The van der Waals surface area contributed by atoms with Gasteiger partial charge in [0.1, 0.15) is 0 Å². The first-order valence-corrected chi connectivity index (χ1v) is 6.02. The van der Waals surface area contributed by atoms with E-state index in [1.807, 2.05) is 0 Å². The Morgan fingerprint density at radius 3 is 2.58 bits per heavy atom. The van der Waals surface area contributed by atoms with Crippen molar-refractivity contribution in [2.75, 3.05) is 19.9 Å². The number of aliphatic hydroxyl groups excluding tert-OH is 1. The van der Waals surface area contributed by atoms with Gasteiger partial charge in [-0.15, -0.1) is 0 Å². The van der Waals surface area contributed by atoms with Crippen molar-refractivity contribution in [1.29, 1.82) is 0 Å². The van der Waals surface area contributed by atoms with Crippen LogP contribution in [0.4, 0.5) is 0 Å². The van der Waals surface area contributed by atoms with E-state index in [1.165, 1.54) is 25.7 Å². The van der Waals surface area contributed by atoms with Gasteiger partial charge < -0.3 is 14.0 Å². The van der Waals surface area contributed by atoms with Gasteiger partial charge in [-0.2, -0.15) is 0 Å². The molecule has 1 N–H and O–H groups in total. The summed E-state index contributed by atoms with van der Waals surface area (Å²) in [6.07, 6.45) is 5.28. The summed E-state index contributed by atoms with van der Waals surface area (Å²) < 4.78 is 10.4. The summed E-state index contributed by atoms with van der Waals surface area (Å²) in [5.74, 6) is 0.715. The lowest BCUT2D eigenvalue weighted by molar-refractivity contribution is 0.169. The molecule has 0 unspecified atom stereocenters. The van der Waals surface area contributed by atoms with Crippen LogP contribution in [0.3, 0.4) is 0 Å². The van der Waals surface area contributed by atoms with Crippen LogP contribution in [0.15, 0.2) is 0 Å². The molecule has 1 saturated carbocycles. The maximum absolute atomic E-state index is 8.80. The zero-order valence-corrected chi connectivity index (χ0v) is 8.58. The maximum atomic E-state index is 8.80. The summed E-state index contributed by atoms with van der Waals surface area (Å²) in [5.41, 5.74) is 0. The van der Waals surface area contributed by atoms with E-state index >= 15 is 0 Å². The van der Waals surface area contributed by atoms with Crippen molar-refractivity contribution in [1.82, 2.24) is 0 Å². The molecule has 0 heterocycles. The number of hydrogen-bond acceptors (Lipinski definition) is 3. The Balaban J connectivity index is 2.06. The van der Waals surface area contributed by atoms with Gasteiger partial charge in [-0.05, 0) is 18.8 Å². The minimum Gasteiger partial charge on any atom is -0.395 e. The minimum absolute atomic E-state index is 0.0495. The second kappa shape index (κ2) is 5.69. The number of aliphatic hydroxyl groups is 1. The molecule has 0 spiro atoms. The van der Waals surface area contributed by atoms with Crippen LogP contribution < -0.4 is 0 Å². The van der Waals surface area contributed by atoms with Crippen LogP contribution in [-0.4, -0.2) is 34.3 Å². The summed E-state index contributed by atoms with van der Waals surface area (Å²) in [6, 6.07) is 0. The SMILES string of the molecule is CO[Si](CO)OCC1CCCC1. The summed E-state index contributed by atoms with van der Waals surface area (Å²) >= 11 is 0. The molecule has 0 aromatic heterocycles. The van der Waals surface area contributed by atoms with E-state index < -0.39 is 9.28 Å². The third-order valence-electron chi connectivity index (χ3n) is 2.31. The van der Waals surface area contributed by atoms with Crippen LogP contribution in [0.1, 0.15) is 25.7 Å². The lowest BCUT2D eigenvalue weighted by Crippen LogP contribution is -2.28. The van der Waals surface area contributed by atoms with E-state index in [4.69, 9.17) is 14.0 Å². The lowest BCUT2D eigenvalue weighted by Gasteiger charge is -2.13. The summed E-state index contributed by atoms with van der Waals surface area (Å²) in [5, 5.41) is 8.80. The molecular weight excluding hydrogens is 172 g/mol. The van der Waals surface area contributed by atoms with Gasteiger partial charge in [0, 0.05) is 13.7 Å². The molecule has 1 fully saturated rings. The first kappa shape index (κ1) is 10.2. The van der Waals surface area contributed by atoms with Crippen molar-refractivity contribution in [3.05, 3.63) is 0 Å². The zero-order valence-electron chi connectivity index (χ0n) is 7.58. The van der Waals surface area contributed by atoms with Crippen LogP contribution in [0.25, 0.3) is 0 Å². The highest BCUT2D eigenvalue weighted by Gasteiger charge is 2.19. The molecule has 1 aliphatic carbocycles. The highest BCUT2D eigenvalue weighted by Crippen LogP contribution is 2.24. The fourth-order valence-electron chi connectivity index (χ4n) is 1.56. The molecule has 0 aromatic carbocycles. The summed E-state index contributed by atoms with van der Waals surface area (Å²) in [7, 11) is 0.242. The molecule has 71 valence electrons. The molecule has 0 bridgehead atoms. The van der Waals surface area contributed by atoms with Crippen molar-refractivity contribution < 1.29 is 14.0 Å². The van der Waals surface area contributed by atoms with Crippen LogP contribution in [0.2, 0.25) is 0 Å². The Morgan fingerprint density at radius 1 is 1.42 bits per heavy atom. The standard InChI is InChI=1S/C8H17O3Si/c1-10-12(7-9)11-6-8-4-2-3-5-8/h8-9H,2-7H2,1H3. The molecular formula is C8H17O3Si. The van der Waals surface area contributed by atoms with Gasteiger partial charge in [-0.1, -0.05) is 12.8 Å². The fraction of sp³-hybridized carbons (Fsp3) is 1.00. The predicted octanol–water partition coefficient (Wildman–Crippen LogP) is 0.859. The average Bonchev–Trinajstić information content (AvgIpc) is 2.59. The van der Waals surface area contributed by atoms with Crippen LogP contribution in [-0.2, 0) is 8.85 Å². The molecule has 0 aromatic rings. The molecule has 4 heteroatoms. The Bertz CT molecular complexity index is 109. The molecule has 0 saturated heterocycles. The van der Waals surface area contributed by atoms with Crippen LogP contribution >= 0.6 is 0 Å².